The summed E-state index contributed by atoms with van der Waals surface area (Å²) in [4.78, 5) is 0. The molecule has 3 nitrogen and oxygen atoms in total. The average Bonchev–Trinajstić information content (AvgIpc) is 1.97. The summed E-state index contributed by atoms with van der Waals surface area (Å²) in [6, 6.07) is 0. The standard InChI is InChI=1S/C8H12ClN3/c1-4(2)6-5(3)7(9)11-12-8(6)10/h4H,1-3H3,(H2,10,12). The number of nitrogens with zero attached hydrogens (tertiary/aromatic N) is 2. The van der Waals surface area contributed by atoms with Gasteiger partial charge in [-0.25, -0.2) is 0 Å². The first-order valence-corrected chi connectivity index (χ1v) is 4.20. The molecule has 0 amide bonds. The predicted octanol–water partition coefficient (Wildman–Crippen LogP) is 2.14. The lowest BCUT2D eigenvalue weighted by atomic mass is 10.0. The van der Waals surface area contributed by atoms with Gasteiger partial charge in [0, 0.05) is 5.56 Å². The van der Waals surface area contributed by atoms with E-state index in [0.717, 1.165) is 11.1 Å². The van der Waals surface area contributed by atoms with Crippen LogP contribution in [0, 0.1) is 6.92 Å². The molecule has 2 N–H and O–H groups in total. The van der Waals surface area contributed by atoms with Gasteiger partial charge in [-0.05, 0) is 18.4 Å². The topological polar surface area (TPSA) is 51.8 Å². The normalized spacial score (nSPS) is 10.8. The van der Waals surface area contributed by atoms with Gasteiger partial charge >= 0.3 is 0 Å². The minimum absolute atomic E-state index is 0.331. The Hall–Kier alpha value is -0.830. The summed E-state index contributed by atoms with van der Waals surface area (Å²) >= 11 is 5.80. The fourth-order valence-electron chi connectivity index (χ4n) is 1.26. The van der Waals surface area contributed by atoms with Crippen LogP contribution in [0.5, 0.6) is 0 Å². The van der Waals surface area contributed by atoms with Crippen LogP contribution in [-0.4, -0.2) is 10.2 Å². The van der Waals surface area contributed by atoms with Crippen LogP contribution >= 0.6 is 11.6 Å². The molecule has 12 heavy (non-hydrogen) atoms. The molecule has 0 fully saturated rings. The van der Waals surface area contributed by atoms with Gasteiger partial charge < -0.3 is 5.73 Å². The van der Waals surface area contributed by atoms with E-state index in [2.05, 4.69) is 24.0 Å². The van der Waals surface area contributed by atoms with Crippen molar-refractivity contribution >= 4 is 17.4 Å². The third kappa shape index (κ3) is 1.50. The van der Waals surface area contributed by atoms with E-state index in [1.807, 2.05) is 6.92 Å². The Bertz CT molecular complexity index is 297. The third-order valence-electron chi connectivity index (χ3n) is 1.81. The van der Waals surface area contributed by atoms with Crippen LogP contribution in [0.3, 0.4) is 0 Å². The van der Waals surface area contributed by atoms with Crippen LogP contribution in [0.2, 0.25) is 5.15 Å². The fourth-order valence-corrected chi connectivity index (χ4v) is 1.40. The molecule has 0 atom stereocenters. The molecule has 1 heterocycles. The molecular formula is C8H12ClN3. The Morgan fingerprint density at radius 3 is 2.33 bits per heavy atom. The summed E-state index contributed by atoms with van der Waals surface area (Å²) in [6.45, 7) is 6.01. The minimum atomic E-state index is 0.331. The van der Waals surface area contributed by atoms with Gasteiger partial charge in [0.25, 0.3) is 0 Å². The third-order valence-corrected chi connectivity index (χ3v) is 2.17. The highest BCUT2D eigenvalue weighted by atomic mass is 35.5. The summed E-state index contributed by atoms with van der Waals surface area (Å²) < 4.78 is 0. The van der Waals surface area contributed by atoms with E-state index < -0.39 is 0 Å². The first-order valence-electron chi connectivity index (χ1n) is 3.82. The van der Waals surface area contributed by atoms with Crippen LogP contribution < -0.4 is 5.73 Å². The molecule has 66 valence electrons. The number of hydrogen-bond donors (Lipinski definition) is 1. The molecule has 0 saturated carbocycles. The molecule has 0 bridgehead atoms. The van der Waals surface area contributed by atoms with Gasteiger partial charge in [0.15, 0.2) is 5.15 Å². The van der Waals surface area contributed by atoms with E-state index in [9.17, 15) is 0 Å². The molecule has 0 aliphatic carbocycles. The van der Waals surface area contributed by atoms with E-state index in [1.54, 1.807) is 0 Å². The first kappa shape index (κ1) is 9.26. The molecule has 0 aliphatic rings. The van der Waals surface area contributed by atoms with Crippen molar-refractivity contribution in [3.8, 4) is 0 Å². The fraction of sp³-hybridized carbons (Fsp3) is 0.500. The molecule has 1 rings (SSSR count). The van der Waals surface area contributed by atoms with Gasteiger partial charge in [-0.2, -0.15) is 0 Å². The molecule has 0 unspecified atom stereocenters. The van der Waals surface area contributed by atoms with E-state index in [0.29, 0.717) is 16.9 Å². The Morgan fingerprint density at radius 1 is 1.33 bits per heavy atom. The predicted molar refractivity (Wildman–Crippen MR) is 50.3 cm³/mol. The average molecular weight is 186 g/mol. The summed E-state index contributed by atoms with van der Waals surface area (Å²) in [6.07, 6.45) is 0. The molecular weight excluding hydrogens is 174 g/mol. The SMILES string of the molecule is Cc1c(Cl)nnc(N)c1C(C)C. The number of nitrogen functional groups attached to an aromatic ring is 1. The van der Waals surface area contributed by atoms with E-state index in [1.165, 1.54) is 0 Å². The molecule has 0 saturated heterocycles. The zero-order valence-electron chi connectivity index (χ0n) is 7.43. The highest BCUT2D eigenvalue weighted by molar-refractivity contribution is 6.30. The summed E-state index contributed by atoms with van der Waals surface area (Å²) in [5.41, 5.74) is 7.58. The second kappa shape index (κ2) is 3.27. The minimum Gasteiger partial charge on any atom is -0.382 e. The second-order valence-corrected chi connectivity index (χ2v) is 3.43. The van der Waals surface area contributed by atoms with Gasteiger partial charge in [-0.3, -0.25) is 0 Å². The van der Waals surface area contributed by atoms with Crippen molar-refractivity contribution in [1.82, 2.24) is 10.2 Å². The van der Waals surface area contributed by atoms with Crippen LogP contribution in [0.1, 0.15) is 30.9 Å². The number of rotatable bonds is 1. The summed E-state index contributed by atoms with van der Waals surface area (Å²) in [5.74, 6) is 0.810. The lowest BCUT2D eigenvalue weighted by molar-refractivity contribution is 0.835. The van der Waals surface area contributed by atoms with Gasteiger partial charge in [-0.1, -0.05) is 25.4 Å². The molecule has 0 aromatic carbocycles. The summed E-state index contributed by atoms with van der Waals surface area (Å²) in [5, 5.41) is 7.91. The van der Waals surface area contributed by atoms with Crippen molar-refractivity contribution in [1.29, 1.82) is 0 Å². The van der Waals surface area contributed by atoms with E-state index >= 15 is 0 Å². The monoisotopic (exact) mass is 185 g/mol. The van der Waals surface area contributed by atoms with E-state index in [-0.39, 0.29) is 0 Å². The van der Waals surface area contributed by atoms with Gasteiger partial charge in [0.05, 0.1) is 0 Å². The number of nitrogens with two attached hydrogens (primary N) is 1. The summed E-state index contributed by atoms with van der Waals surface area (Å²) in [7, 11) is 0. The van der Waals surface area contributed by atoms with Gasteiger partial charge in [0.1, 0.15) is 5.82 Å². The molecule has 0 spiro atoms. The van der Waals surface area contributed by atoms with E-state index in [4.69, 9.17) is 17.3 Å². The molecule has 0 aliphatic heterocycles. The Morgan fingerprint density at radius 2 is 1.92 bits per heavy atom. The smallest absolute Gasteiger partial charge is 0.155 e. The highest BCUT2D eigenvalue weighted by Gasteiger charge is 2.12. The first-order chi connectivity index (χ1) is 5.54. The molecule has 4 heteroatoms. The zero-order chi connectivity index (χ0) is 9.30. The quantitative estimate of drug-likeness (QED) is 0.730. The number of anilines is 1. The highest BCUT2D eigenvalue weighted by Crippen LogP contribution is 2.26. The van der Waals surface area contributed by atoms with Crippen molar-refractivity contribution < 1.29 is 0 Å². The lowest BCUT2D eigenvalue weighted by Gasteiger charge is -2.11. The van der Waals surface area contributed by atoms with Crippen molar-refractivity contribution in [2.75, 3.05) is 5.73 Å². The maximum atomic E-state index is 5.80. The van der Waals surface area contributed by atoms with Crippen LogP contribution in [0.25, 0.3) is 0 Å². The lowest BCUT2D eigenvalue weighted by Crippen LogP contribution is -2.04. The van der Waals surface area contributed by atoms with Gasteiger partial charge in [-0.15, -0.1) is 10.2 Å². The second-order valence-electron chi connectivity index (χ2n) is 3.07. The Balaban J connectivity index is 3.33. The van der Waals surface area contributed by atoms with Crippen LogP contribution in [-0.2, 0) is 0 Å². The van der Waals surface area contributed by atoms with Gasteiger partial charge in [0.2, 0.25) is 0 Å². The number of hydrogen-bond acceptors (Lipinski definition) is 3. The van der Waals surface area contributed by atoms with Crippen molar-refractivity contribution in [3.63, 3.8) is 0 Å². The Labute approximate surface area is 76.9 Å². The maximum Gasteiger partial charge on any atom is 0.155 e. The van der Waals surface area contributed by atoms with Crippen molar-refractivity contribution in [3.05, 3.63) is 16.3 Å². The zero-order valence-corrected chi connectivity index (χ0v) is 8.18. The molecule has 0 radical (unpaired) electrons. The van der Waals surface area contributed by atoms with Crippen LogP contribution in [0.4, 0.5) is 5.82 Å². The maximum absolute atomic E-state index is 5.80. The Kier molecular flexibility index (Phi) is 2.52. The number of aromatic nitrogens is 2. The largest absolute Gasteiger partial charge is 0.382 e. The number of halogens is 1. The van der Waals surface area contributed by atoms with Crippen molar-refractivity contribution in [2.45, 2.75) is 26.7 Å². The van der Waals surface area contributed by atoms with Crippen molar-refractivity contribution in [2.24, 2.45) is 0 Å². The molecule has 1 aromatic heterocycles. The molecule has 1 aromatic rings. The van der Waals surface area contributed by atoms with Crippen LogP contribution in [0.15, 0.2) is 0 Å².